The number of carbonyl (C=O) groups excluding carboxylic acids is 1. The number of hydrogen-bond donors (Lipinski definition) is 1. The Kier molecular flexibility index (Phi) is 5.29. The molecule has 1 saturated carbocycles. The number of nitrogens with one attached hydrogen (secondary N) is 1. The van der Waals surface area contributed by atoms with Crippen molar-refractivity contribution in [3.63, 3.8) is 0 Å². The van der Waals surface area contributed by atoms with Crippen molar-refractivity contribution in [2.45, 2.75) is 44.6 Å². The van der Waals surface area contributed by atoms with Crippen molar-refractivity contribution in [1.29, 1.82) is 0 Å². The van der Waals surface area contributed by atoms with Crippen LogP contribution in [0.5, 0.6) is 5.75 Å². The lowest BCUT2D eigenvalue weighted by Crippen LogP contribution is -2.35. The molecule has 0 saturated heterocycles. The molecule has 3 nitrogen and oxygen atoms in total. The summed E-state index contributed by atoms with van der Waals surface area (Å²) in [6, 6.07) is 5.34. The molecule has 1 aromatic carbocycles. The zero-order valence-electron chi connectivity index (χ0n) is 12.5. The topological polar surface area (TPSA) is 38.3 Å². The standard InChI is InChI=1S/C17H22ClNO2/c1-3-12-19-16(20)15-13(18)8-7-9-14(15)21-17(2)10-5-4-6-11-17/h3,7-9H,1,4-6,10-12H2,2H3,(H,19,20). The molecule has 1 N–H and O–H groups in total. The molecular formula is C17H22ClNO2. The molecule has 0 radical (unpaired) electrons. The predicted octanol–water partition coefficient (Wildman–Crippen LogP) is 4.36. The Bertz CT molecular complexity index is 522. The molecule has 0 heterocycles. The highest BCUT2D eigenvalue weighted by Gasteiger charge is 2.30. The first-order chi connectivity index (χ1) is 10.1. The molecule has 1 fully saturated rings. The Morgan fingerprint density at radius 3 is 2.81 bits per heavy atom. The van der Waals surface area contributed by atoms with Crippen LogP contribution in [-0.4, -0.2) is 18.1 Å². The van der Waals surface area contributed by atoms with Gasteiger partial charge in [0.2, 0.25) is 0 Å². The largest absolute Gasteiger partial charge is 0.487 e. The Labute approximate surface area is 131 Å². The summed E-state index contributed by atoms with van der Waals surface area (Å²) in [5, 5.41) is 3.17. The molecule has 1 amide bonds. The van der Waals surface area contributed by atoms with Gasteiger partial charge in [0.1, 0.15) is 11.4 Å². The van der Waals surface area contributed by atoms with Crippen LogP contribution in [0.1, 0.15) is 49.4 Å². The fourth-order valence-corrected chi connectivity index (χ4v) is 2.98. The highest BCUT2D eigenvalue weighted by atomic mass is 35.5. The van der Waals surface area contributed by atoms with Crippen LogP contribution in [-0.2, 0) is 0 Å². The maximum atomic E-state index is 12.3. The molecule has 114 valence electrons. The molecule has 0 bridgehead atoms. The number of carbonyl (C=O) groups is 1. The quantitative estimate of drug-likeness (QED) is 0.821. The third kappa shape index (κ3) is 4.01. The van der Waals surface area contributed by atoms with Crippen LogP contribution in [0, 0.1) is 0 Å². The normalized spacial score (nSPS) is 17.0. The van der Waals surface area contributed by atoms with E-state index in [4.69, 9.17) is 16.3 Å². The number of benzene rings is 1. The van der Waals surface area contributed by atoms with E-state index >= 15 is 0 Å². The summed E-state index contributed by atoms with van der Waals surface area (Å²) >= 11 is 6.20. The van der Waals surface area contributed by atoms with Gasteiger partial charge >= 0.3 is 0 Å². The number of halogens is 1. The summed E-state index contributed by atoms with van der Waals surface area (Å²) in [5.41, 5.74) is 0.198. The first kappa shape index (κ1) is 15.9. The van der Waals surface area contributed by atoms with E-state index in [2.05, 4.69) is 18.8 Å². The van der Waals surface area contributed by atoms with Crippen LogP contribution >= 0.6 is 11.6 Å². The average molecular weight is 308 g/mol. The summed E-state index contributed by atoms with van der Waals surface area (Å²) in [6.45, 7) is 6.11. The van der Waals surface area contributed by atoms with Crippen LogP contribution in [0.15, 0.2) is 30.9 Å². The maximum absolute atomic E-state index is 12.3. The molecule has 1 aromatic rings. The molecule has 21 heavy (non-hydrogen) atoms. The zero-order chi connectivity index (χ0) is 15.3. The van der Waals surface area contributed by atoms with E-state index in [0.29, 0.717) is 22.9 Å². The summed E-state index contributed by atoms with van der Waals surface area (Å²) in [4.78, 5) is 12.3. The van der Waals surface area contributed by atoms with Gasteiger partial charge in [-0.2, -0.15) is 0 Å². The van der Waals surface area contributed by atoms with Crippen molar-refractivity contribution >= 4 is 17.5 Å². The highest BCUT2D eigenvalue weighted by Crippen LogP contribution is 2.35. The average Bonchev–Trinajstić information content (AvgIpc) is 2.45. The van der Waals surface area contributed by atoms with Crippen LogP contribution in [0.25, 0.3) is 0 Å². The number of ether oxygens (including phenoxy) is 1. The van der Waals surface area contributed by atoms with E-state index < -0.39 is 0 Å². The minimum Gasteiger partial charge on any atom is -0.487 e. The van der Waals surface area contributed by atoms with Gasteiger partial charge in [-0.05, 0) is 44.7 Å². The molecule has 0 aliphatic heterocycles. The van der Waals surface area contributed by atoms with Crippen molar-refractivity contribution < 1.29 is 9.53 Å². The lowest BCUT2D eigenvalue weighted by molar-refractivity contribution is 0.0474. The van der Waals surface area contributed by atoms with Crippen molar-refractivity contribution in [3.05, 3.63) is 41.4 Å². The lowest BCUT2D eigenvalue weighted by atomic mass is 9.86. The molecule has 1 aliphatic carbocycles. The Morgan fingerprint density at radius 2 is 2.14 bits per heavy atom. The molecule has 0 aromatic heterocycles. The minimum atomic E-state index is -0.227. The summed E-state index contributed by atoms with van der Waals surface area (Å²) in [5.74, 6) is 0.336. The monoisotopic (exact) mass is 307 g/mol. The van der Waals surface area contributed by atoms with Crippen molar-refractivity contribution in [1.82, 2.24) is 5.32 Å². The van der Waals surface area contributed by atoms with Gasteiger partial charge in [-0.25, -0.2) is 0 Å². The molecule has 1 aliphatic rings. The first-order valence-corrected chi connectivity index (χ1v) is 7.80. The second kappa shape index (κ2) is 6.99. The smallest absolute Gasteiger partial charge is 0.256 e. The SMILES string of the molecule is C=CCNC(=O)c1c(Cl)cccc1OC1(C)CCCCC1. The lowest BCUT2D eigenvalue weighted by Gasteiger charge is -2.35. The van der Waals surface area contributed by atoms with Gasteiger partial charge in [0.05, 0.1) is 10.6 Å². The zero-order valence-corrected chi connectivity index (χ0v) is 13.2. The molecule has 0 spiro atoms. The second-order valence-electron chi connectivity index (χ2n) is 5.72. The number of hydrogen-bond acceptors (Lipinski definition) is 2. The van der Waals surface area contributed by atoms with Gasteiger partial charge in [-0.3, -0.25) is 4.79 Å². The molecule has 2 rings (SSSR count). The second-order valence-corrected chi connectivity index (χ2v) is 6.13. The first-order valence-electron chi connectivity index (χ1n) is 7.42. The minimum absolute atomic E-state index is 0.212. The van der Waals surface area contributed by atoms with Gasteiger partial charge in [0, 0.05) is 6.54 Å². The Hall–Kier alpha value is -1.48. The summed E-state index contributed by atoms with van der Waals surface area (Å²) in [6.07, 6.45) is 7.23. The van der Waals surface area contributed by atoms with Gasteiger partial charge < -0.3 is 10.1 Å². The van der Waals surface area contributed by atoms with E-state index in [0.717, 1.165) is 25.7 Å². The maximum Gasteiger partial charge on any atom is 0.256 e. The van der Waals surface area contributed by atoms with E-state index in [1.807, 2.05) is 12.1 Å². The van der Waals surface area contributed by atoms with Crippen molar-refractivity contribution in [3.8, 4) is 5.75 Å². The van der Waals surface area contributed by atoms with Crippen LogP contribution in [0.4, 0.5) is 0 Å². The van der Waals surface area contributed by atoms with E-state index in [9.17, 15) is 4.79 Å². The third-order valence-corrected chi connectivity index (χ3v) is 4.19. The number of rotatable bonds is 5. The fraction of sp³-hybridized carbons (Fsp3) is 0.471. The summed E-state index contributed by atoms with van der Waals surface area (Å²) in [7, 11) is 0. The van der Waals surface area contributed by atoms with Gasteiger partial charge in [0.25, 0.3) is 5.91 Å². The van der Waals surface area contributed by atoms with Gasteiger partial charge in [-0.1, -0.05) is 30.2 Å². The third-order valence-electron chi connectivity index (χ3n) is 3.88. The molecule has 4 heteroatoms. The molecular weight excluding hydrogens is 286 g/mol. The predicted molar refractivity (Wildman–Crippen MR) is 86.1 cm³/mol. The van der Waals surface area contributed by atoms with E-state index in [1.54, 1.807) is 12.1 Å². The Morgan fingerprint density at radius 1 is 1.43 bits per heavy atom. The van der Waals surface area contributed by atoms with E-state index in [1.165, 1.54) is 6.42 Å². The number of amides is 1. The van der Waals surface area contributed by atoms with Gasteiger partial charge in [-0.15, -0.1) is 6.58 Å². The fourth-order valence-electron chi connectivity index (χ4n) is 2.73. The molecule has 0 atom stereocenters. The van der Waals surface area contributed by atoms with Crippen LogP contribution < -0.4 is 10.1 Å². The van der Waals surface area contributed by atoms with Crippen LogP contribution in [0.2, 0.25) is 5.02 Å². The van der Waals surface area contributed by atoms with Crippen LogP contribution in [0.3, 0.4) is 0 Å². The summed E-state index contributed by atoms with van der Waals surface area (Å²) < 4.78 is 6.18. The van der Waals surface area contributed by atoms with Crippen molar-refractivity contribution in [2.75, 3.05) is 6.54 Å². The highest BCUT2D eigenvalue weighted by molar-refractivity contribution is 6.34. The van der Waals surface area contributed by atoms with Gasteiger partial charge in [0.15, 0.2) is 0 Å². The Balaban J connectivity index is 2.24. The van der Waals surface area contributed by atoms with Crippen molar-refractivity contribution in [2.24, 2.45) is 0 Å². The molecule has 0 unspecified atom stereocenters. The van der Waals surface area contributed by atoms with E-state index in [-0.39, 0.29) is 11.5 Å².